The van der Waals surface area contributed by atoms with Gasteiger partial charge in [0.15, 0.2) is 0 Å². The van der Waals surface area contributed by atoms with Crippen molar-refractivity contribution in [1.82, 2.24) is 14.6 Å². The summed E-state index contributed by atoms with van der Waals surface area (Å²) in [6, 6.07) is 13.8. The lowest BCUT2D eigenvalue weighted by Crippen LogP contribution is -2.59. The predicted octanol–water partition coefficient (Wildman–Crippen LogP) is 2.44. The highest BCUT2D eigenvalue weighted by Crippen LogP contribution is 2.49. The molecule has 2 aromatic rings. The van der Waals surface area contributed by atoms with Gasteiger partial charge in [-0.3, -0.25) is 9.78 Å². The van der Waals surface area contributed by atoms with E-state index >= 15 is 0 Å². The zero-order valence-corrected chi connectivity index (χ0v) is 15.9. The number of amides is 1. The van der Waals surface area contributed by atoms with Crippen LogP contribution < -0.4 is 4.72 Å². The van der Waals surface area contributed by atoms with E-state index in [9.17, 15) is 13.2 Å². The van der Waals surface area contributed by atoms with E-state index in [4.69, 9.17) is 0 Å². The minimum Gasteiger partial charge on any atom is -0.337 e. The van der Waals surface area contributed by atoms with Gasteiger partial charge in [-0.25, -0.2) is 13.1 Å². The van der Waals surface area contributed by atoms with Gasteiger partial charge in [0.25, 0.3) is 5.91 Å². The van der Waals surface area contributed by atoms with Gasteiger partial charge in [-0.05, 0) is 55.4 Å². The van der Waals surface area contributed by atoms with Crippen molar-refractivity contribution in [3.05, 3.63) is 60.4 Å². The van der Waals surface area contributed by atoms with Gasteiger partial charge >= 0.3 is 0 Å². The Morgan fingerprint density at radius 3 is 2.33 bits per heavy atom. The van der Waals surface area contributed by atoms with Gasteiger partial charge in [-0.1, -0.05) is 24.3 Å². The molecule has 0 unspecified atom stereocenters. The Bertz CT molecular complexity index is 908. The molecule has 2 aliphatic rings. The molecule has 0 bridgehead atoms. The molecule has 1 aliphatic carbocycles. The highest BCUT2D eigenvalue weighted by atomic mass is 32.2. The third kappa shape index (κ3) is 3.49. The van der Waals surface area contributed by atoms with Crippen LogP contribution in [0.1, 0.15) is 36.2 Å². The summed E-state index contributed by atoms with van der Waals surface area (Å²) in [5.74, 6) is -0.0498. The molecule has 1 spiro atoms. The molecule has 7 heteroatoms. The Morgan fingerprint density at radius 1 is 1.04 bits per heavy atom. The van der Waals surface area contributed by atoms with Crippen LogP contribution >= 0.6 is 0 Å². The second-order valence-corrected chi connectivity index (χ2v) is 9.11. The van der Waals surface area contributed by atoms with E-state index in [0.717, 1.165) is 25.7 Å². The first-order chi connectivity index (χ1) is 13.0. The van der Waals surface area contributed by atoms with Crippen LogP contribution in [-0.2, 0) is 10.0 Å². The quantitative estimate of drug-likeness (QED) is 0.877. The van der Waals surface area contributed by atoms with Gasteiger partial charge < -0.3 is 4.90 Å². The van der Waals surface area contributed by atoms with Crippen molar-refractivity contribution in [2.75, 3.05) is 13.1 Å². The molecular formula is C20H23N3O3S. The highest BCUT2D eigenvalue weighted by molar-refractivity contribution is 7.89. The molecule has 2 fully saturated rings. The van der Waals surface area contributed by atoms with E-state index < -0.39 is 10.0 Å². The van der Waals surface area contributed by atoms with Crippen molar-refractivity contribution in [3.63, 3.8) is 0 Å². The van der Waals surface area contributed by atoms with Crippen LogP contribution in [0, 0.1) is 5.41 Å². The minimum atomic E-state index is -3.51. The zero-order valence-electron chi connectivity index (χ0n) is 15.0. The Morgan fingerprint density at radius 2 is 1.74 bits per heavy atom. The summed E-state index contributed by atoms with van der Waals surface area (Å²) in [6.07, 6.45) is 5.10. The number of likely N-dealkylation sites (tertiary alicyclic amines) is 1. The topological polar surface area (TPSA) is 79.4 Å². The molecule has 1 aromatic carbocycles. The van der Waals surface area contributed by atoms with E-state index in [1.165, 1.54) is 0 Å². The Kier molecular flexibility index (Phi) is 4.74. The number of nitrogens with one attached hydrogen (secondary N) is 1. The van der Waals surface area contributed by atoms with Crippen LogP contribution in [0.25, 0.3) is 0 Å². The van der Waals surface area contributed by atoms with Gasteiger partial charge in [0.2, 0.25) is 10.0 Å². The van der Waals surface area contributed by atoms with Crippen molar-refractivity contribution in [2.24, 2.45) is 5.41 Å². The number of hydrogen-bond acceptors (Lipinski definition) is 4. The molecule has 1 saturated carbocycles. The van der Waals surface area contributed by atoms with Crippen molar-refractivity contribution in [1.29, 1.82) is 0 Å². The van der Waals surface area contributed by atoms with Gasteiger partial charge in [0, 0.05) is 25.3 Å². The second-order valence-electron chi connectivity index (χ2n) is 7.40. The number of benzene rings is 1. The zero-order chi connectivity index (χ0) is 18.9. The average Bonchev–Trinajstić information content (AvgIpc) is 2.72. The number of hydrogen-bond donors (Lipinski definition) is 1. The highest BCUT2D eigenvalue weighted by Gasteiger charge is 2.50. The molecule has 4 rings (SSSR count). The maximum Gasteiger partial charge on any atom is 0.272 e. The van der Waals surface area contributed by atoms with E-state index in [1.807, 2.05) is 11.0 Å². The molecule has 0 radical (unpaired) electrons. The van der Waals surface area contributed by atoms with E-state index in [1.54, 1.807) is 48.7 Å². The fraction of sp³-hybridized carbons (Fsp3) is 0.400. The van der Waals surface area contributed by atoms with Gasteiger partial charge in [-0.15, -0.1) is 0 Å². The molecule has 142 valence electrons. The molecule has 1 aliphatic heterocycles. The van der Waals surface area contributed by atoms with E-state index in [0.29, 0.717) is 23.7 Å². The maximum atomic E-state index is 12.6. The molecule has 1 amide bonds. The normalized spacial score (nSPS) is 21.6. The molecular weight excluding hydrogens is 362 g/mol. The lowest BCUT2D eigenvalue weighted by molar-refractivity contribution is 0.00489. The number of rotatable bonds is 4. The summed E-state index contributed by atoms with van der Waals surface area (Å²) in [7, 11) is -3.51. The summed E-state index contributed by atoms with van der Waals surface area (Å²) in [5.41, 5.74) is 0.423. The number of aromatic nitrogens is 1. The molecule has 27 heavy (non-hydrogen) atoms. The van der Waals surface area contributed by atoms with Crippen molar-refractivity contribution < 1.29 is 13.2 Å². The third-order valence-electron chi connectivity index (χ3n) is 5.95. The number of sulfonamides is 1. The van der Waals surface area contributed by atoms with Crippen LogP contribution in [-0.4, -0.2) is 43.3 Å². The predicted molar refractivity (Wildman–Crippen MR) is 102 cm³/mol. The van der Waals surface area contributed by atoms with Crippen molar-refractivity contribution in [3.8, 4) is 0 Å². The summed E-state index contributed by atoms with van der Waals surface area (Å²) in [4.78, 5) is 18.8. The maximum absolute atomic E-state index is 12.6. The number of pyridine rings is 1. The van der Waals surface area contributed by atoms with Gasteiger partial charge in [0.05, 0.1) is 4.90 Å². The molecule has 1 aromatic heterocycles. The average molecular weight is 385 g/mol. The lowest BCUT2D eigenvalue weighted by Gasteiger charge is -2.53. The fourth-order valence-electron chi connectivity index (χ4n) is 4.14. The minimum absolute atomic E-state index is 0.0389. The van der Waals surface area contributed by atoms with Crippen molar-refractivity contribution >= 4 is 15.9 Å². The standard InChI is InChI=1S/C20H23N3O3S/c24-19(17-8-4-5-13-21-17)23-14-11-20(12-15-23)10-9-18(20)22-27(25,26)16-6-2-1-3-7-16/h1-8,13,18,22H,9-12,14-15H2/t18-/m1/s1. The SMILES string of the molecule is O=C(c1ccccn1)N1CCC2(CC[C@H]2NS(=O)(=O)c2ccccc2)CC1. The van der Waals surface area contributed by atoms with E-state index in [-0.39, 0.29) is 17.4 Å². The van der Waals surface area contributed by atoms with Gasteiger partial charge in [-0.2, -0.15) is 0 Å². The van der Waals surface area contributed by atoms with E-state index in [2.05, 4.69) is 9.71 Å². The Hall–Kier alpha value is -2.25. The number of piperidine rings is 1. The second kappa shape index (κ2) is 7.05. The van der Waals surface area contributed by atoms with Crippen LogP contribution in [0.15, 0.2) is 59.6 Å². The number of carbonyl (C=O) groups excluding carboxylic acids is 1. The number of nitrogens with zero attached hydrogens (tertiary/aromatic N) is 2. The molecule has 1 atom stereocenters. The summed E-state index contributed by atoms with van der Waals surface area (Å²) in [6.45, 7) is 1.28. The molecule has 2 heterocycles. The smallest absolute Gasteiger partial charge is 0.272 e. The Balaban J connectivity index is 1.41. The Labute approximate surface area is 159 Å². The molecule has 6 nitrogen and oxygen atoms in total. The first-order valence-electron chi connectivity index (χ1n) is 9.28. The first-order valence-corrected chi connectivity index (χ1v) is 10.8. The van der Waals surface area contributed by atoms with Crippen LogP contribution in [0.3, 0.4) is 0 Å². The summed E-state index contributed by atoms with van der Waals surface area (Å²) >= 11 is 0. The first kappa shape index (κ1) is 18.1. The largest absolute Gasteiger partial charge is 0.337 e. The molecule has 1 N–H and O–H groups in total. The van der Waals surface area contributed by atoms with Gasteiger partial charge in [0.1, 0.15) is 5.69 Å². The van der Waals surface area contributed by atoms with Crippen LogP contribution in [0.2, 0.25) is 0 Å². The fourth-order valence-corrected chi connectivity index (χ4v) is 5.53. The third-order valence-corrected chi connectivity index (χ3v) is 7.44. The summed E-state index contributed by atoms with van der Waals surface area (Å²) in [5, 5.41) is 0. The lowest BCUT2D eigenvalue weighted by atomic mass is 9.59. The van der Waals surface area contributed by atoms with Crippen LogP contribution in [0.5, 0.6) is 0 Å². The van der Waals surface area contributed by atoms with Crippen molar-refractivity contribution in [2.45, 2.75) is 36.6 Å². The number of carbonyl (C=O) groups is 1. The summed E-state index contributed by atoms with van der Waals surface area (Å²) < 4.78 is 28.2. The molecule has 1 saturated heterocycles. The van der Waals surface area contributed by atoms with Crippen LogP contribution in [0.4, 0.5) is 0 Å². The monoisotopic (exact) mass is 385 g/mol.